The Bertz CT molecular complexity index is 1010. The number of anilines is 1. The highest BCUT2D eigenvalue weighted by atomic mass is 35.5. The predicted molar refractivity (Wildman–Crippen MR) is 131 cm³/mol. The van der Waals surface area contributed by atoms with Gasteiger partial charge in [0.15, 0.2) is 5.11 Å². The number of ether oxygens (including phenoxy) is 1. The first-order valence-corrected chi connectivity index (χ1v) is 11.0. The predicted octanol–water partition coefficient (Wildman–Crippen LogP) is 5.80. The van der Waals surface area contributed by atoms with Crippen LogP contribution in [0.4, 0.5) is 5.69 Å². The van der Waals surface area contributed by atoms with E-state index < -0.39 is 0 Å². The SMILES string of the molecule is O=C(CCc1ccccc1Cl)NC(=S)Nc1ccccc1OCCCc1ccccc1. The first-order chi connectivity index (χ1) is 15.1. The van der Waals surface area contributed by atoms with E-state index >= 15 is 0 Å². The van der Waals surface area contributed by atoms with Crippen molar-refractivity contribution >= 4 is 40.5 Å². The van der Waals surface area contributed by atoms with Crippen LogP contribution in [0.5, 0.6) is 5.75 Å². The molecule has 0 spiro atoms. The largest absolute Gasteiger partial charge is 0.491 e. The molecule has 0 aliphatic heterocycles. The molecule has 2 N–H and O–H groups in total. The average Bonchev–Trinajstić information content (AvgIpc) is 2.78. The van der Waals surface area contributed by atoms with Gasteiger partial charge in [-0.25, -0.2) is 0 Å². The van der Waals surface area contributed by atoms with Crippen LogP contribution in [0.1, 0.15) is 24.0 Å². The Kier molecular flexibility index (Phi) is 8.88. The van der Waals surface area contributed by atoms with Gasteiger partial charge in [0.1, 0.15) is 5.75 Å². The summed E-state index contributed by atoms with van der Waals surface area (Å²) < 4.78 is 5.93. The van der Waals surface area contributed by atoms with Crippen molar-refractivity contribution in [3.63, 3.8) is 0 Å². The number of hydrogen-bond acceptors (Lipinski definition) is 3. The third-order valence-corrected chi connectivity index (χ3v) is 5.25. The van der Waals surface area contributed by atoms with E-state index in [1.54, 1.807) is 0 Å². The molecule has 0 saturated carbocycles. The van der Waals surface area contributed by atoms with Gasteiger partial charge in [0.05, 0.1) is 12.3 Å². The summed E-state index contributed by atoms with van der Waals surface area (Å²) in [5.74, 6) is 0.530. The lowest BCUT2D eigenvalue weighted by molar-refractivity contribution is -0.119. The second-order valence-electron chi connectivity index (χ2n) is 7.03. The molecule has 0 atom stereocenters. The van der Waals surface area contributed by atoms with Gasteiger partial charge in [0.25, 0.3) is 0 Å². The molecule has 0 aliphatic carbocycles. The van der Waals surface area contributed by atoms with Crippen LogP contribution in [-0.4, -0.2) is 17.6 Å². The molecule has 0 aliphatic rings. The fourth-order valence-electron chi connectivity index (χ4n) is 3.09. The lowest BCUT2D eigenvalue weighted by Gasteiger charge is -2.14. The lowest BCUT2D eigenvalue weighted by atomic mass is 10.1. The summed E-state index contributed by atoms with van der Waals surface area (Å²) in [6.45, 7) is 0.588. The smallest absolute Gasteiger partial charge is 0.226 e. The molecule has 6 heteroatoms. The first kappa shape index (κ1) is 22.8. The minimum atomic E-state index is -0.168. The number of benzene rings is 3. The van der Waals surface area contributed by atoms with Crippen molar-refractivity contribution in [1.29, 1.82) is 0 Å². The number of para-hydroxylation sites is 2. The summed E-state index contributed by atoms with van der Waals surface area (Å²) in [4.78, 5) is 12.2. The van der Waals surface area contributed by atoms with Gasteiger partial charge in [-0.15, -0.1) is 0 Å². The maximum atomic E-state index is 12.2. The molecule has 3 aromatic rings. The standard InChI is InChI=1S/C25H25ClN2O2S/c26-21-13-5-4-12-20(21)16-17-24(29)28-25(31)27-22-14-6-7-15-23(22)30-18-8-11-19-9-2-1-3-10-19/h1-7,9-10,12-15H,8,11,16-18H2,(H2,27,28,29,31). The third kappa shape index (κ3) is 7.70. The highest BCUT2D eigenvalue weighted by Crippen LogP contribution is 2.24. The van der Waals surface area contributed by atoms with Crippen LogP contribution in [0.2, 0.25) is 5.02 Å². The number of nitrogens with one attached hydrogen (secondary N) is 2. The van der Waals surface area contributed by atoms with Crippen molar-refractivity contribution in [2.45, 2.75) is 25.7 Å². The summed E-state index contributed by atoms with van der Waals surface area (Å²) in [6, 6.07) is 25.4. The second-order valence-corrected chi connectivity index (χ2v) is 7.84. The van der Waals surface area contributed by atoms with E-state index in [0.29, 0.717) is 30.2 Å². The first-order valence-electron chi connectivity index (χ1n) is 10.2. The van der Waals surface area contributed by atoms with Crippen molar-refractivity contribution in [3.8, 4) is 5.75 Å². The van der Waals surface area contributed by atoms with Gasteiger partial charge in [-0.3, -0.25) is 4.79 Å². The van der Waals surface area contributed by atoms with Gasteiger partial charge in [-0.2, -0.15) is 0 Å². The Morgan fingerprint density at radius 2 is 1.61 bits per heavy atom. The number of thiocarbonyl (C=S) groups is 1. The van der Waals surface area contributed by atoms with E-state index in [1.807, 2.05) is 66.7 Å². The van der Waals surface area contributed by atoms with Gasteiger partial charge in [0, 0.05) is 11.4 Å². The fraction of sp³-hybridized carbons (Fsp3) is 0.200. The van der Waals surface area contributed by atoms with Crippen molar-refractivity contribution < 1.29 is 9.53 Å². The molecule has 0 unspecified atom stereocenters. The molecule has 0 saturated heterocycles. The topological polar surface area (TPSA) is 50.4 Å². The zero-order chi connectivity index (χ0) is 21.9. The summed E-state index contributed by atoms with van der Waals surface area (Å²) in [5, 5.41) is 6.68. The second kappa shape index (κ2) is 12.1. The Balaban J connectivity index is 1.45. The maximum absolute atomic E-state index is 12.2. The van der Waals surface area contributed by atoms with E-state index in [-0.39, 0.29) is 11.0 Å². The summed E-state index contributed by atoms with van der Waals surface area (Å²) >= 11 is 11.4. The van der Waals surface area contributed by atoms with Crippen LogP contribution in [0.25, 0.3) is 0 Å². The molecule has 31 heavy (non-hydrogen) atoms. The van der Waals surface area contributed by atoms with Crippen molar-refractivity contribution in [2.24, 2.45) is 0 Å². The minimum absolute atomic E-state index is 0.168. The summed E-state index contributed by atoms with van der Waals surface area (Å²) in [6.07, 6.45) is 2.70. The molecule has 160 valence electrons. The molecule has 3 aromatic carbocycles. The zero-order valence-electron chi connectivity index (χ0n) is 17.1. The van der Waals surface area contributed by atoms with E-state index in [0.717, 1.165) is 24.1 Å². The lowest BCUT2D eigenvalue weighted by Crippen LogP contribution is -2.34. The molecule has 4 nitrogen and oxygen atoms in total. The van der Waals surface area contributed by atoms with E-state index in [1.165, 1.54) is 5.56 Å². The molecule has 0 radical (unpaired) electrons. The zero-order valence-corrected chi connectivity index (χ0v) is 18.7. The number of carbonyl (C=O) groups excluding carboxylic acids is 1. The Hall–Kier alpha value is -2.89. The quantitative estimate of drug-likeness (QED) is 0.318. The highest BCUT2D eigenvalue weighted by molar-refractivity contribution is 7.80. The van der Waals surface area contributed by atoms with Crippen LogP contribution < -0.4 is 15.4 Å². The highest BCUT2D eigenvalue weighted by Gasteiger charge is 2.09. The van der Waals surface area contributed by atoms with Crippen LogP contribution in [0.15, 0.2) is 78.9 Å². The van der Waals surface area contributed by atoms with E-state index in [4.69, 9.17) is 28.6 Å². The molecule has 0 fully saturated rings. The summed E-state index contributed by atoms with van der Waals surface area (Å²) in [7, 11) is 0. The molecular formula is C25H25ClN2O2S. The molecular weight excluding hydrogens is 428 g/mol. The molecule has 1 amide bonds. The van der Waals surface area contributed by atoms with E-state index in [2.05, 4.69) is 22.8 Å². The number of rotatable bonds is 9. The Labute approximate surface area is 193 Å². The molecule has 3 rings (SSSR count). The number of amides is 1. The normalized spacial score (nSPS) is 10.4. The number of carbonyl (C=O) groups is 1. The van der Waals surface area contributed by atoms with Crippen LogP contribution in [0.3, 0.4) is 0 Å². The third-order valence-electron chi connectivity index (χ3n) is 4.68. The summed E-state index contributed by atoms with van der Waals surface area (Å²) in [5.41, 5.74) is 2.95. The minimum Gasteiger partial charge on any atom is -0.491 e. The molecule has 0 bridgehead atoms. The number of aryl methyl sites for hydroxylation is 2. The van der Waals surface area contributed by atoms with Gasteiger partial charge in [-0.1, -0.05) is 72.3 Å². The monoisotopic (exact) mass is 452 g/mol. The van der Waals surface area contributed by atoms with Crippen LogP contribution in [0, 0.1) is 0 Å². The van der Waals surface area contributed by atoms with Crippen molar-refractivity contribution in [2.75, 3.05) is 11.9 Å². The van der Waals surface area contributed by atoms with Gasteiger partial charge in [0.2, 0.25) is 5.91 Å². The van der Waals surface area contributed by atoms with Gasteiger partial charge in [-0.05, 0) is 60.8 Å². The van der Waals surface area contributed by atoms with Gasteiger partial charge >= 0.3 is 0 Å². The average molecular weight is 453 g/mol. The van der Waals surface area contributed by atoms with Crippen LogP contribution >= 0.6 is 23.8 Å². The Morgan fingerprint density at radius 3 is 2.42 bits per heavy atom. The number of hydrogen-bond donors (Lipinski definition) is 2. The Morgan fingerprint density at radius 1 is 0.903 bits per heavy atom. The van der Waals surface area contributed by atoms with Crippen molar-refractivity contribution in [1.82, 2.24) is 5.32 Å². The maximum Gasteiger partial charge on any atom is 0.226 e. The van der Waals surface area contributed by atoms with Crippen molar-refractivity contribution in [3.05, 3.63) is 95.0 Å². The fourth-order valence-corrected chi connectivity index (χ4v) is 3.54. The van der Waals surface area contributed by atoms with Gasteiger partial charge < -0.3 is 15.4 Å². The molecule has 0 heterocycles. The number of halogens is 1. The van der Waals surface area contributed by atoms with Crippen LogP contribution in [-0.2, 0) is 17.6 Å². The molecule has 0 aromatic heterocycles. The van der Waals surface area contributed by atoms with E-state index in [9.17, 15) is 4.79 Å².